The van der Waals surface area contributed by atoms with Gasteiger partial charge in [0, 0.05) is 4.90 Å². The predicted octanol–water partition coefficient (Wildman–Crippen LogP) is 1.01. The predicted molar refractivity (Wildman–Crippen MR) is 62.3 cm³/mol. The van der Waals surface area contributed by atoms with Crippen LogP contribution < -0.4 is 0 Å². The number of carboxylic acid groups (broad SMARTS) is 1. The molecule has 0 amide bonds. The number of carboxylic acids is 1. The first-order valence-electron chi connectivity index (χ1n) is 4.84. The Morgan fingerprint density at radius 3 is 3.06 bits per heavy atom. The van der Waals surface area contributed by atoms with Gasteiger partial charge in [-0.3, -0.25) is 4.79 Å². The van der Waals surface area contributed by atoms with E-state index in [1.165, 1.54) is 4.68 Å². The molecule has 2 rings (SSSR count). The summed E-state index contributed by atoms with van der Waals surface area (Å²) in [5.74, 6) is -0.641. The summed E-state index contributed by atoms with van der Waals surface area (Å²) in [6.07, 6.45) is 1.77. The Balaban J connectivity index is 2.38. The molecule has 0 atom stereocenters. The molecule has 7 heteroatoms. The van der Waals surface area contributed by atoms with Gasteiger partial charge in [-0.15, -0.1) is 16.9 Å². The normalized spacial score (nSPS) is 10.4. The van der Waals surface area contributed by atoms with Crippen molar-refractivity contribution in [2.45, 2.75) is 11.3 Å². The van der Waals surface area contributed by atoms with Gasteiger partial charge < -0.3 is 5.11 Å². The Labute approximate surface area is 102 Å². The van der Waals surface area contributed by atoms with E-state index in [0.717, 1.165) is 10.6 Å². The second kappa shape index (κ2) is 4.96. The molecular formula is C10H10N4O2S. The van der Waals surface area contributed by atoms with E-state index in [2.05, 4.69) is 15.5 Å². The van der Waals surface area contributed by atoms with Crippen molar-refractivity contribution in [1.29, 1.82) is 0 Å². The summed E-state index contributed by atoms with van der Waals surface area (Å²) in [5.41, 5.74) is 0.762. The average Bonchev–Trinajstić information content (AvgIpc) is 2.76. The topological polar surface area (TPSA) is 80.9 Å². The van der Waals surface area contributed by atoms with Crippen molar-refractivity contribution >= 4 is 17.7 Å². The lowest BCUT2D eigenvalue weighted by Crippen LogP contribution is -2.09. The van der Waals surface area contributed by atoms with E-state index in [9.17, 15) is 4.79 Å². The number of aromatic nitrogens is 4. The lowest BCUT2D eigenvalue weighted by Gasteiger charge is -2.04. The van der Waals surface area contributed by atoms with Gasteiger partial charge in [-0.2, -0.15) is 4.68 Å². The molecule has 0 saturated carbocycles. The fourth-order valence-electron chi connectivity index (χ4n) is 1.39. The van der Waals surface area contributed by atoms with Gasteiger partial charge in [-0.25, -0.2) is 0 Å². The number of hydrogen-bond acceptors (Lipinski definition) is 5. The van der Waals surface area contributed by atoms with Gasteiger partial charge in [0.25, 0.3) is 0 Å². The zero-order valence-electron chi connectivity index (χ0n) is 9.07. The number of carbonyl (C=O) groups is 1. The molecule has 0 spiro atoms. The molecule has 0 aliphatic heterocycles. The number of hydrogen-bond donors (Lipinski definition) is 1. The van der Waals surface area contributed by atoms with Crippen LogP contribution in [0.1, 0.15) is 5.82 Å². The van der Waals surface area contributed by atoms with E-state index in [0.29, 0.717) is 5.82 Å². The number of thioether (sulfide) groups is 1. The quantitative estimate of drug-likeness (QED) is 0.816. The first-order valence-corrected chi connectivity index (χ1v) is 6.06. The summed E-state index contributed by atoms with van der Waals surface area (Å²) in [4.78, 5) is 11.7. The molecule has 0 bridgehead atoms. The van der Waals surface area contributed by atoms with Crippen LogP contribution >= 0.6 is 11.8 Å². The van der Waals surface area contributed by atoms with Gasteiger partial charge in [0.05, 0.1) is 5.69 Å². The van der Waals surface area contributed by atoms with E-state index < -0.39 is 5.97 Å². The summed E-state index contributed by atoms with van der Waals surface area (Å²) < 4.78 is 1.44. The fourth-order valence-corrected chi connectivity index (χ4v) is 1.85. The molecule has 17 heavy (non-hydrogen) atoms. The van der Waals surface area contributed by atoms with Crippen LogP contribution in [0.4, 0.5) is 0 Å². The Hall–Kier alpha value is -1.89. The highest BCUT2D eigenvalue weighted by molar-refractivity contribution is 7.98. The summed E-state index contributed by atoms with van der Waals surface area (Å²) in [5, 5.41) is 19.7. The third-order valence-corrected chi connectivity index (χ3v) is 2.87. The first-order chi connectivity index (χ1) is 8.20. The number of benzene rings is 1. The van der Waals surface area contributed by atoms with E-state index in [1.807, 2.05) is 30.5 Å². The monoisotopic (exact) mass is 250 g/mol. The van der Waals surface area contributed by atoms with Gasteiger partial charge in [0.1, 0.15) is 6.42 Å². The van der Waals surface area contributed by atoms with Crippen molar-refractivity contribution in [1.82, 2.24) is 20.2 Å². The maximum atomic E-state index is 10.7. The molecule has 0 aliphatic rings. The molecule has 1 aromatic heterocycles. The van der Waals surface area contributed by atoms with E-state index in [4.69, 9.17) is 5.11 Å². The molecule has 0 unspecified atom stereocenters. The van der Waals surface area contributed by atoms with Crippen LogP contribution in [0.3, 0.4) is 0 Å². The number of nitrogens with zero attached hydrogens (tertiary/aromatic N) is 4. The number of tetrazole rings is 1. The maximum Gasteiger partial charge on any atom is 0.311 e. The smallest absolute Gasteiger partial charge is 0.311 e. The van der Waals surface area contributed by atoms with E-state index in [1.54, 1.807) is 11.8 Å². The van der Waals surface area contributed by atoms with Crippen molar-refractivity contribution in [3.05, 3.63) is 30.1 Å². The van der Waals surface area contributed by atoms with Crippen molar-refractivity contribution in [3.63, 3.8) is 0 Å². The molecule has 0 fully saturated rings. The molecule has 0 aliphatic carbocycles. The molecule has 1 heterocycles. The molecule has 1 aromatic carbocycles. The van der Waals surface area contributed by atoms with Crippen LogP contribution in [0.15, 0.2) is 29.2 Å². The summed E-state index contributed by atoms with van der Waals surface area (Å²) in [6.45, 7) is 0. The lowest BCUT2D eigenvalue weighted by atomic mass is 10.3. The molecule has 0 radical (unpaired) electrons. The zero-order chi connectivity index (χ0) is 12.3. The zero-order valence-corrected chi connectivity index (χ0v) is 9.89. The van der Waals surface area contributed by atoms with Crippen LogP contribution in [-0.2, 0) is 11.2 Å². The number of rotatable bonds is 4. The molecule has 1 N–H and O–H groups in total. The second-order valence-corrected chi connectivity index (χ2v) is 4.16. The molecule has 6 nitrogen and oxygen atoms in total. The van der Waals surface area contributed by atoms with Crippen molar-refractivity contribution in [3.8, 4) is 5.69 Å². The highest BCUT2D eigenvalue weighted by Crippen LogP contribution is 2.18. The SMILES string of the molecule is CSc1cccc(-n2nnnc2CC(=O)O)c1. The van der Waals surface area contributed by atoms with Gasteiger partial charge >= 0.3 is 5.97 Å². The van der Waals surface area contributed by atoms with Crippen molar-refractivity contribution in [2.75, 3.05) is 6.26 Å². The summed E-state index contributed by atoms with van der Waals surface area (Å²) in [6, 6.07) is 7.59. The minimum absolute atomic E-state index is 0.198. The van der Waals surface area contributed by atoms with Crippen LogP contribution in [0.5, 0.6) is 0 Å². The Bertz CT molecular complexity index is 541. The second-order valence-electron chi connectivity index (χ2n) is 3.28. The average molecular weight is 250 g/mol. The molecular weight excluding hydrogens is 240 g/mol. The fraction of sp³-hybridized carbons (Fsp3) is 0.200. The Kier molecular flexibility index (Phi) is 3.38. The van der Waals surface area contributed by atoms with Crippen molar-refractivity contribution in [2.24, 2.45) is 0 Å². The Morgan fingerprint density at radius 1 is 1.53 bits per heavy atom. The van der Waals surface area contributed by atoms with Crippen LogP contribution in [0, 0.1) is 0 Å². The van der Waals surface area contributed by atoms with Gasteiger partial charge in [-0.1, -0.05) is 6.07 Å². The van der Waals surface area contributed by atoms with E-state index in [-0.39, 0.29) is 6.42 Å². The van der Waals surface area contributed by atoms with E-state index >= 15 is 0 Å². The minimum atomic E-state index is -0.956. The summed E-state index contributed by atoms with van der Waals surface area (Å²) in [7, 11) is 0. The minimum Gasteiger partial charge on any atom is -0.481 e. The third-order valence-electron chi connectivity index (χ3n) is 2.14. The third kappa shape index (κ3) is 2.62. The van der Waals surface area contributed by atoms with Crippen LogP contribution in [0.25, 0.3) is 5.69 Å². The van der Waals surface area contributed by atoms with Gasteiger partial charge in [0.2, 0.25) is 0 Å². The van der Waals surface area contributed by atoms with Crippen LogP contribution in [0.2, 0.25) is 0 Å². The van der Waals surface area contributed by atoms with Gasteiger partial charge in [0.15, 0.2) is 5.82 Å². The molecule has 2 aromatic rings. The van der Waals surface area contributed by atoms with Crippen LogP contribution in [-0.4, -0.2) is 37.5 Å². The number of aliphatic carboxylic acids is 1. The highest BCUT2D eigenvalue weighted by atomic mass is 32.2. The van der Waals surface area contributed by atoms with Gasteiger partial charge in [-0.05, 0) is 34.9 Å². The lowest BCUT2D eigenvalue weighted by molar-refractivity contribution is -0.136. The highest BCUT2D eigenvalue weighted by Gasteiger charge is 2.11. The van der Waals surface area contributed by atoms with Crippen molar-refractivity contribution < 1.29 is 9.90 Å². The largest absolute Gasteiger partial charge is 0.481 e. The molecule has 88 valence electrons. The molecule has 0 saturated heterocycles. The first kappa shape index (κ1) is 11.6. The standard InChI is InChI=1S/C10H10N4O2S/c1-17-8-4-2-3-7(5-8)14-9(6-10(15)16)11-12-13-14/h2-5H,6H2,1H3,(H,15,16). The Morgan fingerprint density at radius 2 is 2.35 bits per heavy atom. The maximum absolute atomic E-state index is 10.7. The summed E-state index contributed by atoms with van der Waals surface area (Å²) >= 11 is 1.60.